The van der Waals surface area contributed by atoms with Gasteiger partial charge in [0, 0.05) is 12.6 Å². The van der Waals surface area contributed by atoms with Gasteiger partial charge in [-0.1, -0.05) is 12.8 Å². The van der Waals surface area contributed by atoms with Gasteiger partial charge in [0.2, 0.25) is 5.91 Å². The monoisotopic (exact) mass is 311 g/mol. The van der Waals surface area contributed by atoms with Crippen LogP contribution in [-0.2, 0) is 11.3 Å². The van der Waals surface area contributed by atoms with Crippen LogP contribution in [0.2, 0.25) is 0 Å². The fraction of sp³-hybridized carbons (Fsp3) is 0.647. The second-order valence-corrected chi connectivity index (χ2v) is 6.51. The summed E-state index contributed by atoms with van der Waals surface area (Å²) in [5.74, 6) is 1.22. The summed E-state index contributed by atoms with van der Waals surface area (Å²) >= 11 is 0. The average Bonchev–Trinajstić information content (AvgIpc) is 2.89. The van der Waals surface area contributed by atoms with Gasteiger partial charge >= 0.3 is 0 Å². The lowest BCUT2D eigenvalue weighted by molar-refractivity contribution is -0.138. The maximum Gasteiger partial charge on any atom is 0.242 e. The van der Waals surface area contributed by atoms with Crippen LogP contribution in [0.25, 0.3) is 0 Å². The van der Waals surface area contributed by atoms with Crippen molar-refractivity contribution >= 4 is 5.91 Å². The van der Waals surface area contributed by atoms with Crippen molar-refractivity contribution in [1.29, 1.82) is 10.5 Å². The number of piperidine rings is 1. The van der Waals surface area contributed by atoms with Crippen LogP contribution >= 0.6 is 0 Å². The largest absolute Gasteiger partial charge is 0.338 e. The van der Waals surface area contributed by atoms with Crippen LogP contribution in [0.3, 0.4) is 0 Å². The number of nitrogens with zero attached hydrogens (tertiary/aromatic N) is 5. The van der Waals surface area contributed by atoms with Gasteiger partial charge in [0.25, 0.3) is 0 Å². The molecule has 0 radical (unpaired) electrons. The smallest absolute Gasteiger partial charge is 0.242 e. The molecule has 1 amide bonds. The molecule has 1 aliphatic heterocycles. The first-order chi connectivity index (χ1) is 11.2. The van der Waals surface area contributed by atoms with Crippen molar-refractivity contribution in [2.75, 3.05) is 6.54 Å². The van der Waals surface area contributed by atoms with E-state index in [4.69, 9.17) is 5.26 Å². The molecule has 1 saturated heterocycles. The molecule has 3 rings (SSSR count). The summed E-state index contributed by atoms with van der Waals surface area (Å²) in [6.07, 6.45) is 7.06. The molecule has 2 fully saturated rings. The molecule has 6 nitrogen and oxygen atoms in total. The number of carbonyl (C=O) groups excluding carboxylic acids is 1. The van der Waals surface area contributed by atoms with Crippen LogP contribution in [0, 0.1) is 35.5 Å². The van der Waals surface area contributed by atoms with Crippen LogP contribution in [0.1, 0.15) is 55.7 Å². The minimum absolute atomic E-state index is 0.0445. The zero-order valence-electron chi connectivity index (χ0n) is 13.5. The Morgan fingerprint density at radius 2 is 1.96 bits per heavy atom. The predicted molar refractivity (Wildman–Crippen MR) is 83.1 cm³/mol. The van der Waals surface area contributed by atoms with Gasteiger partial charge < -0.3 is 9.47 Å². The lowest BCUT2D eigenvalue weighted by Crippen LogP contribution is -2.50. The lowest BCUT2D eigenvalue weighted by atomic mass is 9.78. The quantitative estimate of drug-likeness (QED) is 0.837. The molecule has 1 saturated carbocycles. The maximum atomic E-state index is 12.8. The minimum atomic E-state index is 0.0445. The number of rotatable bonds is 2. The summed E-state index contributed by atoms with van der Waals surface area (Å²) < 4.78 is 1.58. The third-order valence-corrected chi connectivity index (χ3v) is 5.23. The first-order valence-electron chi connectivity index (χ1n) is 8.32. The Morgan fingerprint density at radius 3 is 2.70 bits per heavy atom. The van der Waals surface area contributed by atoms with Crippen LogP contribution in [-0.4, -0.2) is 32.9 Å². The summed E-state index contributed by atoms with van der Waals surface area (Å²) in [6.45, 7) is 2.64. The van der Waals surface area contributed by atoms with Crippen LogP contribution < -0.4 is 0 Å². The standard InChI is InChI=1S/C17H21N5O/c1-12-20-14(9-18)16(10-19)22(12)11-17(23)21-8-4-6-13-5-2-3-7-15(13)21/h13,15H,2-8,11H2,1H3. The summed E-state index contributed by atoms with van der Waals surface area (Å²) in [6, 6.07) is 4.29. The molecule has 6 heteroatoms. The zero-order chi connectivity index (χ0) is 16.4. The van der Waals surface area contributed by atoms with Crippen molar-refractivity contribution in [2.24, 2.45) is 5.92 Å². The molecule has 2 heterocycles. The molecule has 23 heavy (non-hydrogen) atoms. The normalized spacial score (nSPS) is 23.7. The Kier molecular flexibility index (Phi) is 4.34. The van der Waals surface area contributed by atoms with Gasteiger partial charge in [0.15, 0.2) is 11.4 Å². The zero-order valence-corrected chi connectivity index (χ0v) is 13.5. The molecular weight excluding hydrogens is 290 g/mol. The molecule has 1 aliphatic carbocycles. The predicted octanol–water partition coefficient (Wildman–Crippen LogP) is 2.12. The second kappa shape index (κ2) is 6.42. The van der Waals surface area contributed by atoms with E-state index in [1.165, 1.54) is 25.7 Å². The van der Waals surface area contributed by atoms with Gasteiger partial charge in [0.1, 0.15) is 24.5 Å². The molecule has 2 aliphatic rings. The fourth-order valence-corrected chi connectivity index (χ4v) is 4.11. The fourth-order valence-electron chi connectivity index (χ4n) is 4.11. The van der Waals surface area contributed by atoms with E-state index in [0.29, 0.717) is 17.8 Å². The third kappa shape index (κ3) is 2.82. The Hall–Kier alpha value is -2.34. The number of hydrogen-bond donors (Lipinski definition) is 0. The Labute approximate surface area is 136 Å². The van der Waals surface area contributed by atoms with Crippen molar-refractivity contribution in [3.8, 4) is 12.1 Å². The summed E-state index contributed by atoms with van der Waals surface area (Å²) in [4.78, 5) is 18.9. The van der Waals surface area contributed by atoms with Gasteiger partial charge in [-0.25, -0.2) is 4.98 Å². The van der Waals surface area contributed by atoms with E-state index in [2.05, 4.69) is 4.98 Å². The highest BCUT2D eigenvalue weighted by molar-refractivity contribution is 5.77. The van der Waals surface area contributed by atoms with Gasteiger partial charge in [0.05, 0.1) is 0 Å². The van der Waals surface area contributed by atoms with Gasteiger partial charge in [-0.2, -0.15) is 10.5 Å². The van der Waals surface area contributed by atoms with E-state index in [0.717, 1.165) is 19.4 Å². The Balaban J connectivity index is 1.81. The van der Waals surface area contributed by atoms with E-state index in [9.17, 15) is 10.1 Å². The van der Waals surface area contributed by atoms with Gasteiger partial charge in [-0.3, -0.25) is 4.79 Å². The van der Waals surface area contributed by atoms with Crippen molar-refractivity contribution in [1.82, 2.24) is 14.5 Å². The highest BCUT2D eigenvalue weighted by atomic mass is 16.2. The van der Waals surface area contributed by atoms with Gasteiger partial charge in [-0.05, 0) is 38.5 Å². The highest BCUT2D eigenvalue weighted by Crippen LogP contribution is 2.35. The van der Waals surface area contributed by atoms with Crippen molar-refractivity contribution < 1.29 is 4.79 Å². The van der Waals surface area contributed by atoms with Crippen molar-refractivity contribution in [3.63, 3.8) is 0 Å². The van der Waals surface area contributed by atoms with Crippen LogP contribution in [0.5, 0.6) is 0 Å². The minimum Gasteiger partial charge on any atom is -0.338 e. The maximum absolute atomic E-state index is 12.8. The lowest BCUT2D eigenvalue weighted by Gasteiger charge is -2.44. The Morgan fingerprint density at radius 1 is 1.22 bits per heavy atom. The van der Waals surface area contributed by atoms with E-state index in [-0.39, 0.29) is 23.8 Å². The first kappa shape index (κ1) is 15.6. The summed E-state index contributed by atoms with van der Waals surface area (Å²) in [5, 5.41) is 18.3. The van der Waals surface area contributed by atoms with Crippen LogP contribution in [0.4, 0.5) is 0 Å². The number of aromatic nitrogens is 2. The van der Waals surface area contributed by atoms with E-state index < -0.39 is 0 Å². The Bertz CT molecular complexity index is 691. The number of likely N-dealkylation sites (tertiary alicyclic amines) is 1. The van der Waals surface area contributed by atoms with Crippen LogP contribution in [0.15, 0.2) is 0 Å². The summed E-state index contributed by atoms with van der Waals surface area (Å²) in [7, 11) is 0. The third-order valence-electron chi connectivity index (χ3n) is 5.23. The van der Waals surface area contributed by atoms with E-state index in [1.807, 2.05) is 17.0 Å². The highest BCUT2D eigenvalue weighted by Gasteiger charge is 2.35. The summed E-state index contributed by atoms with van der Waals surface area (Å²) in [5.41, 5.74) is 0.294. The number of nitriles is 2. The number of imidazole rings is 1. The van der Waals surface area contributed by atoms with Gasteiger partial charge in [-0.15, -0.1) is 0 Å². The molecule has 2 atom stereocenters. The number of amides is 1. The molecule has 0 N–H and O–H groups in total. The number of carbonyl (C=O) groups is 1. The topological polar surface area (TPSA) is 85.7 Å². The molecule has 120 valence electrons. The number of hydrogen-bond acceptors (Lipinski definition) is 4. The molecule has 0 spiro atoms. The molecule has 1 aromatic heterocycles. The molecule has 0 bridgehead atoms. The molecular formula is C17H21N5O. The van der Waals surface area contributed by atoms with E-state index >= 15 is 0 Å². The molecule has 0 aromatic carbocycles. The SMILES string of the molecule is Cc1nc(C#N)c(C#N)n1CC(=O)N1CCCC2CCCCC21. The van der Waals surface area contributed by atoms with E-state index in [1.54, 1.807) is 11.5 Å². The van der Waals surface area contributed by atoms with Crippen molar-refractivity contribution in [2.45, 2.75) is 58.0 Å². The first-order valence-corrected chi connectivity index (χ1v) is 8.32. The molecule has 1 aromatic rings. The number of aryl methyl sites for hydroxylation is 1. The average molecular weight is 311 g/mol. The second-order valence-electron chi connectivity index (χ2n) is 6.51. The molecule has 2 unspecified atom stereocenters. The number of fused-ring (bicyclic) bond motifs is 1. The van der Waals surface area contributed by atoms with Crippen molar-refractivity contribution in [3.05, 3.63) is 17.2 Å².